The maximum absolute atomic E-state index is 12.0. The van der Waals surface area contributed by atoms with E-state index in [1.165, 1.54) is 0 Å². The molecule has 2 saturated heterocycles. The molecule has 2 rings (SSSR count). The second-order valence-electron chi connectivity index (χ2n) is 3.71. The summed E-state index contributed by atoms with van der Waals surface area (Å²) in [6.07, 6.45) is 0. The fraction of sp³-hybridized carbons (Fsp3) is 0.889. The quantitative estimate of drug-likeness (QED) is 0.718. The van der Waals surface area contributed by atoms with Crippen molar-refractivity contribution < 1.29 is 4.79 Å². The molecule has 0 aromatic heterocycles. The van der Waals surface area contributed by atoms with Gasteiger partial charge in [-0.25, -0.2) is 0 Å². The smallest absolute Gasteiger partial charge is 0.245 e. The first-order chi connectivity index (χ1) is 6.77. The Hall–Kier alpha value is 0.130. The summed E-state index contributed by atoms with van der Waals surface area (Å²) >= 11 is 3.59. The maximum atomic E-state index is 12.0. The van der Waals surface area contributed by atoms with Crippen molar-refractivity contribution in [2.75, 3.05) is 31.1 Å². The summed E-state index contributed by atoms with van der Waals surface area (Å²) in [5.41, 5.74) is 0. The average Bonchev–Trinajstić information content (AvgIpc) is 2.69. The third kappa shape index (κ3) is 2.38. The van der Waals surface area contributed by atoms with Crippen molar-refractivity contribution in [1.82, 2.24) is 10.2 Å². The number of piperazine rings is 1. The molecule has 0 aromatic carbocycles. The number of nitrogens with one attached hydrogen (secondary N) is 1. The average molecular weight is 232 g/mol. The van der Waals surface area contributed by atoms with E-state index in [1.54, 1.807) is 23.5 Å². The number of amides is 1. The van der Waals surface area contributed by atoms with Crippen LogP contribution in [0.3, 0.4) is 0 Å². The molecule has 0 radical (unpaired) electrons. The van der Waals surface area contributed by atoms with Crippen molar-refractivity contribution in [3.05, 3.63) is 0 Å². The Morgan fingerprint density at radius 2 is 2.14 bits per heavy atom. The van der Waals surface area contributed by atoms with Gasteiger partial charge in [-0.3, -0.25) is 4.79 Å². The van der Waals surface area contributed by atoms with E-state index in [2.05, 4.69) is 12.2 Å². The molecule has 2 heterocycles. The first-order valence-electron chi connectivity index (χ1n) is 5.03. The van der Waals surface area contributed by atoms with Crippen LogP contribution in [-0.2, 0) is 4.79 Å². The van der Waals surface area contributed by atoms with Crippen LogP contribution in [-0.4, -0.2) is 52.6 Å². The highest BCUT2D eigenvalue weighted by molar-refractivity contribution is 8.21. The Kier molecular flexibility index (Phi) is 3.62. The molecular weight excluding hydrogens is 216 g/mol. The number of carbonyl (C=O) groups is 1. The number of hydrogen-bond donors (Lipinski definition) is 1. The molecule has 1 atom stereocenters. The predicted octanol–water partition coefficient (Wildman–Crippen LogP) is 0.613. The van der Waals surface area contributed by atoms with Crippen LogP contribution >= 0.6 is 23.5 Å². The second-order valence-corrected chi connectivity index (χ2v) is 6.44. The standard InChI is InChI=1S/C9H16N2OS2/c1-7-6-11(3-2-10-7)8(12)9-13-4-5-14-9/h7,9-10H,2-6H2,1H3/t7-/m0/s1. The van der Waals surface area contributed by atoms with Gasteiger partial charge in [-0.1, -0.05) is 0 Å². The Labute approximate surface area is 93.4 Å². The van der Waals surface area contributed by atoms with Crippen LogP contribution in [0.2, 0.25) is 0 Å². The molecule has 2 aliphatic heterocycles. The van der Waals surface area contributed by atoms with Crippen LogP contribution in [0, 0.1) is 0 Å². The van der Waals surface area contributed by atoms with Gasteiger partial charge in [-0.05, 0) is 6.92 Å². The predicted molar refractivity (Wildman–Crippen MR) is 62.7 cm³/mol. The molecule has 0 aliphatic carbocycles. The molecule has 1 N–H and O–H groups in total. The third-order valence-corrected chi connectivity index (χ3v) is 5.47. The summed E-state index contributed by atoms with van der Waals surface area (Å²) in [6, 6.07) is 0.448. The van der Waals surface area contributed by atoms with Crippen LogP contribution in [0.5, 0.6) is 0 Å². The molecule has 14 heavy (non-hydrogen) atoms. The summed E-state index contributed by atoms with van der Waals surface area (Å²) in [5, 5.41) is 3.35. The number of hydrogen-bond acceptors (Lipinski definition) is 4. The number of nitrogens with zero attached hydrogens (tertiary/aromatic N) is 1. The first kappa shape index (κ1) is 10.6. The van der Waals surface area contributed by atoms with E-state index in [-0.39, 0.29) is 4.58 Å². The van der Waals surface area contributed by atoms with Crippen LogP contribution in [0.25, 0.3) is 0 Å². The summed E-state index contributed by atoms with van der Waals surface area (Å²) in [7, 11) is 0. The van der Waals surface area contributed by atoms with Crippen LogP contribution < -0.4 is 5.32 Å². The van der Waals surface area contributed by atoms with Gasteiger partial charge in [-0.2, -0.15) is 0 Å². The third-order valence-electron chi connectivity index (χ3n) is 2.50. The molecule has 0 bridgehead atoms. The zero-order valence-electron chi connectivity index (χ0n) is 8.36. The van der Waals surface area contributed by atoms with Crippen molar-refractivity contribution in [2.24, 2.45) is 0 Å². The lowest BCUT2D eigenvalue weighted by molar-refractivity contribution is -0.130. The molecule has 0 aromatic rings. The molecular formula is C9H16N2OS2. The summed E-state index contributed by atoms with van der Waals surface area (Å²) in [4.78, 5) is 14.0. The Balaban J connectivity index is 1.89. The minimum atomic E-state index is 0.181. The van der Waals surface area contributed by atoms with Gasteiger partial charge in [0.1, 0.15) is 4.58 Å². The van der Waals surface area contributed by atoms with E-state index >= 15 is 0 Å². The first-order valence-corrected chi connectivity index (χ1v) is 7.12. The van der Waals surface area contributed by atoms with E-state index in [0.29, 0.717) is 11.9 Å². The molecule has 1 amide bonds. The molecule has 2 aliphatic rings. The highest BCUT2D eigenvalue weighted by Gasteiger charge is 2.30. The molecule has 5 heteroatoms. The van der Waals surface area contributed by atoms with Gasteiger partial charge in [0.25, 0.3) is 0 Å². The highest BCUT2D eigenvalue weighted by atomic mass is 32.2. The summed E-state index contributed by atoms with van der Waals surface area (Å²) in [6.45, 7) is 4.82. The molecule has 0 spiro atoms. The monoisotopic (exact) mass is 232 g/mol. The Morgan fingerprint density at radius 1 is 1.43 bits per heavy atom. The number of carbonyl (C=O) groups excluding carboxylic acids is 1. The van der Waals surface area contributed by atoms with Crippen molar-refractivity contribution in [2.45, 2.75) is 17.5 Å². The topological polar surface area (TPSA) is 32.3 Å². The van der Waals surface area contributed by atoms with Gasteiger partial charge >= 0.3 is 0 Å². The van der Waals surface area contributed by atoms with Crippen LogP contribution in [0.15, 0.2) is 0 Å². The minimum Gasteiger partial charge on any atom is -0.338 e. The molecule has 2 fully saturated rings. The second kappa shape index (κ2) is 4.77. The molecule has 0 unspecified atom stereocenters. The summed E-state index contributed by atoms with van der Waals surface area (Å²) in [5.74, 6) is 2.59. The van der Waals surface area contributed by atoms with Gasteiger partial charge in [-0.15, -0.1) is 23.5 Å². The van der Waals surface area contributed by atoms with Crippen LogP contribution in [0.4, 0.5) is 0 Å². The van der Waals surface area contributed by atoms with E-state index in [0.717, 1.165) is 31.1 Å². The van der Waals surface area contributed by atoms with Crippen molar-refractivity contribution in [1.29, 1.82) is 0 Å². The van der Waals surface area contributed by atoms with Crippen LogP contribution in [0.1, 0.15) is 6.92 Å². The lowest BCUT2D eigenvalue weighted by Gasteiger charge is -2.33. The Bertz CT molecular complexity index is 219. The van der Waals surface area contributed by atoms with Crippen molar-refractivity contribution in [3.63, 3.8) is 0 Å². The van der Waals surface area contributed by atoms with E-state index in [9.17, 15) is 4.79 Å². The zero-order valence-corrected chi connectivity index (χ0v) is 10.00. The fourth-order valence-electron chi connectivity index (χ4n) is 1.78. The lowest BCUT2D eigenvalue weighted by Crippen LogP contribution is -2.52. The molecule has 3 nitrogen and oxygen atoms in total. The van der Waals surface area contributed by atoms with Crippen molar-refractivity contribution in [3.8, 4) is 0 Å². The number of rotatable bonds is 1. The van der Waals surface area contributed by atoms with E-state index in [1.807, 2.05) is 4.90 Å². The summed E-state index contributed by atoms with van der Waals surface area (Å²) < 4.78 is 0.181. The minimum absolute atomic E-state index is 0.181. The molecule has 80 valence electrons. The van der Waals surface area contributed by atoms with Gasteiger partial charge in [0.05, 0.1) is 0 Å². The fourth-order valence-corrected chi connectivity index (χ4v) is 4.53. The highest BCUT2D eigenvalue weighted by Crippen LogP contribution is 2.33. The Morgan fingerprint density at radius 3 is 2.79 bits per heavy atom. The van der Waals surface area contributed by atoms with Gasteiger partial charge in [0.2, 0.25) is 5.91 Å². The zero-order chi connectivity index (χ0) is 9.97. The van der Waals surface area contributed by atoms with E-state index in [4.69, 9.17) is 0 Å². The van der Waals surface area contributed by atoms with Gasteiger partial charge in [0, 0.05) is 37.2 Å². The van der Waals surface area contributed by atoms with Gasteiger partial charge in [0.15, 0.2) is 0 Å². The van der Waals surface area contributed by atoms with Crippen molar-refractivity contribution >= 4 is 29.4 Å². The SMILES string of the molecule is C[C@H]1CN(C(=O)C2SCCS2)CCN1. The van der Waals surface area contributed by atoms with E-state index < -0.39 is 0 Å². The normalized spacial score (nSPS) is 29.5. The maximum Gasteiger partial charge on any atom is 0.245 e. The van der Waals surface area contributed by atoms with Gasteiger partial charge < -0.3 is 10.2 Å². The molecule has 0 saturated carbocycles. The number of thioether (sulfide) groups is 2. The lowest BCUT2D eigenvalue weighted by atomic mass is 10.2. The largest absolute Gasteiger partial charge is 0.338 e.